The Bertz CT molecular complexity index is 625. The summed E-state index contributed by atoms with van der Waals surface area (Å²) in [4.78, 5) is 12.6. The average molecular weight is 435 g/mol. The van der Waals surface area contributed by atoms with E-state index in [1.165, 1.54) is 22.6 Å². The number of benzene rings is 1. The Kier molecular flexibility index (Phi) is 4.18. The van der Waals surface area contributed by atoms with Crippen LogP contribution in [-0.2, 0) is 6.54 Å². The second-order valence-corrected chi connectivity index (χ2v) is 6.63. The molecule has 1 N–H and O–H groups in total. The van der Waals surface area contributed by atoms with Gasteiger partial charge in [0, 0.05) is 6.54 Å². The number of aliphatic hydroxyl groups is 1. The molecule has 0 saturated heterocycles. The van der Waals surface area contributed by atoms with Gasteiger partial charge in [-0.3, -0.25) is 4.79 Å². The van der Waals surface area contributed by atoms with Gasteiger partial charge in [-0.1, -0.05) is 0 Å². The van der Waals surface area contributed by atoms with Crippen LogP contribution < -0.4 is 0 Å². The van der Waals surface area contributed by atoms with E-state index in [4.69, 9.17) is 0 Å². The van der Waals surface area contributed by atoms with E-state index < -0.39 is 41.9 Å². The molecular formula is C13H11F5INO2. The highest BCUT2D eigenvalue weighted by atomic mass is 127. The van der Waals surface area contributed by atoms with E-state index in [0.717, 1.165) is 13.8 Å². The van der Waals surface area contributed by atoms with E-state index in [0.29, 0.717) is 11.0 Å². The largest absolute Gasteiger partial charge is 0.411 e. The van der Waals surface area contributed by atoms with Crippen molar-refractivity contribution in [1.29, 1.82) is 0 Å². The maximum Gasteiger partial charge on any atom is 0.411 e. The molecule has 0 radical (unpaired) electrons. The van der Waals surface area contributed by atoms with Crippen LogP contribution in [0.2, 0.25) is 0 Å². The molecule has 1 aliphatic heterocycles. The maximum absolute atomic E-state index is 13.5. The van der Waals surface area contributed by atoms with Gasteiger partial charge in [0.2, 0.25) is 0 Å². The van der Waals surface area contributed by atoms with Gasteiger partial charge in [-0.25, -0.2) is 8.78 Å². The summed E-state index contributed by atoms with van der Waals surface area (Å²) >= 11 is 1.38. The number of fused-ring (bicyclic) bond motifs is 1. The quantitative estimate of drug-likeness (QED) is 0.441. The molecule has 1 heterocycles. The van der Waals surface area contributed by atoms with Crippen molar-refractivity contribution in [3.8, 4) is 0 Å². The Labute approximate surface area is 136 Å². The number of halogens is 6. The summed E-state index contributed by atoms with van der Waals surface area (Å²) < 4.78 is 66.2. The Morgan fingerprint density at radius 2 is 1.86 bits per heavy atom. The first-order valence-corrected chi connectivity index (χ1v) is 7.20. The number of alkyl halides is 3. The lowest BCUT2D eigenvalue weighted by Crippen LogP contribution is -2.57. The zero-order chi connectivity index (χ0) is 17.0. The van der Waals surface area contributed by atoms with Gasteiger partial charge in [-0.15, -0.1) is 0 Å². The molecule has 0 aromatic heterocycles. The van der Waals surface area contributed by atoms with Crippen molar-refractivity contribution in [3.63, 3.8) is 0 Å². The number of nitrogens with zero attached hydrogens (tertiary/aromatic N) is 1. The van der Waals surface area contributed by atoms with Gasteiger partial charge in [0.05, 0.1) is 14.7 Å². The van der Waals surface area contributed by atoms with Crippen LogP contribution in [0.3, 0.4) is 0 Å². The topological polar surface area (TPSA) is 40.5 Å². The Hall–Kier alpha value is -0.970. The molecule has 1 aromatic carbocycles. The third kappa shape index (κ3) is 2.80. The number of hydrogen-bond acceptors (Lipinski definition) is 2. The molecule has 0 spiro atoms. The molecule has 9 heteroatoms. The van der Waals surface area contributed by atoms with Crippen LogP contribution in [-0.4, -0.2) is 33.7 Å². The fourth-order valence-electron chi connectivity index (χ4n) is 2.57. The number of amides is 1. The van der Waals surface area contributed by atoms with Crippen molar-refractivity contribution in [2.24, 2.45) is 0 Å². The Morgan fingerprint density at radius 3 is 2.32 bits per heavy atom. The fourth-order valence-corrected chi connectivity index (χ4v) is 3.40. The molecule has 0 bridgehead atoms. The predicted molar refractivity (Wildman–Crippen MR) is 75.1 cm³/mol. The van der Waals surface area contributed by atoms with Gasteiger partial charge >= 0.3 is 6.18 Å². The normalized spacial score (nSPS) is 17.0. The monoisotopic (exact) mass is 435 g/mol. The third-order valence-electron chi connectivity index (χ3n) is 3.35. The molecule has 0 unspecified atom stereocenters. The number of carbonyl (C=O) groups is 1. The van der Waals surface area contributed by atoms with Crippen molar-refractivity contribution in [2.75, 3.05) is 0 Å². The molecule has 1 aliphatic rings. The highest BCUT2D eigenvalue weighted by Crippen LogP contribution is 2.39. The summed E-state index contributed by atoms with van der Waals surface area (Å²) in [6, 6.07) is -1.77. The van der Waals surface area contributed by atoms with Gasteiger partial charge in [0.15, 0.2) is 17.7 Å². The van der Waals surface area contributed by atoms with E-state index in [1.54, 1.807) is 0 Å². The Balaban J connectivity index is 2.54. The van der Waals surface area contributed by atoms with Gasteiger partial charge in [-0.2, -0.15) is 13.2 Å². The molecule has 0 fully saturated rings. The first-order valence-electron chi connectivity index (χ1n) is 6.12. The van der Waals surface area contributed by atoms with Gasteiger partial charge in [0.25, 0.3) is 5.91 Å². The van der Waals surface area contributed by atoms with Gasteiger partial charge in [0.1, 0.15) is 0 Å². The molecule has 0 aliphatic carbocycles. The summed E-state index contributed by atoms with van der Waals surface area (Å²) in [7, 11) is 0. The molecule has 22 heavy (non-hydrogen) atoms. The molecule has 3 nitrogen and oxygen atoms in total. The van der Waals surface area contributed by atoms with Crippen molar-refractivity contribution in [2.45, 2.75) is 38.2 Å². The lowest BCUT2D eigenvalue weighted by atomic mass is 9.97. The summed E-state index contributed by atoms with van der Waals surface area (Å²) in [6.07, 6.45) is -4.89. The van der Waals surface area contributed by atoms with Crippen LogP contribution in [0.15, 0.2) is 6.07 Å². The zero-order valence-electron chi connectivity index (χ0n) is 11.4. The number of hydrogen-bond donors (Lipinski definition) is 1. The molecule has 1 amide bonds. The lowest BCUT2D eigenvalue weighted by molar-refractivity contribution is -0.219. The second kappa shape index (κ2) is 5.29. The number of carbonyl (C=O) groups excluding carboxylic acids is 1. The summed E-state index contributed by atoms with van der Waals surface area (Å²) in [5.41, 5.74) is -2.59. The predicted octanol–water partition coefficient (Wildman–Crippen LogP) is 3.23. The minimum Gasteiger partial charge on any atom is -0.388 e. The maximum atomic E-state index is 13.5. The van der Waals surface area contributed by atoms with E-state index >= 15 is 0 Å². The van der Waals surface area contributed by atoms with E-state index in [-0.39, 0.29) is 14.7 Å². The van der Waals surface area contributed by atoms with E-state index in [1.807, 2.05) is 0 Å². The van der Waals surface area contributed by atoms with Gasteiger partial charge < -0.3 is 10.0 Å². The average Bonchev–Trinajstić information content (AvgIpc) is 2.60. The molecule has 1 atom stereocenters. The molecule has 2 rings (SSSR count). The van der Waals surface area contributed by atoms with Crippen molar-refractivity contribution in [3.05, 3.63) is 32.4 Å². The van der Waals surface area contributed by atoms with Gasteiger partial charge in [-0.05, 0) is 48.1 Å². The van der Waals surface area contributed by atoms with Crippen LogP contribution in [0, 0.1) is 15.2 Å². The number of rotatable bonds is 2. The first kappa shape index (κ1) is 17.4. The SMILES string of the molecule is CC(C)(O)[C@@H](N1Cc2cc(F)c(F)c(I)c2C1=O)C(F)(F)F. The van der Waals surface area contributed by atoms with Crippen LogP contribution in [0.1, 0.15) is 29.8 Å². The minimum absolute atomic E-state index is 0.0354. The van der Waals surface area contributed by atoms with Crippen LogP contribution >= 0.6 is 22.6 Å². The second-order valence-electron chi connectivity index (χ2n) is 5.55. The summed E-state index contributed by atoms with van der Waals surface area (Å²) in [5, 5.41) is 9.78. The van der Waals surface area contributed by atoms with E-state index in [9.17, 15) is 31.9 Å². The van der Waals surface area contributed by atoms with Crippen LogP contribution in [0.25, 0.3) is 0 Å². The lowest BCUT2D eigenvalue weighted by Gasteiger charge is -2.37. The smallest absolute Gasteiger partial charge is 0.388 e. The molecule has 1 aromatic rings. The standard InChI is InChI=1S/C13H11F5INO2/c1-12(2,22)11(13(16,17)18)20-4-5-3-6(14)8(15)9(19)7(5)10(20)21/h3,11,22H,4H2,1-2H3/t11-/m1/s1. The minimum atomic E-state index is -4.89. The molecule has 0 saturated carbocycles. The third-order valence-corrected chi connectivity index (χ3v) is 4.36. The first-order chi connectivity index (χ1) is 9.85. The van der Waals surface area contributed by atoms with Crippen LogP contribution in [0.5, 0.6) is 0 Å². The summed E-state index contributed by atoms with van der Waals surface area (Å²) in [5.74, 6) is -3.59. The highest BCUT2D eigenvalue weighted by molar-refractivity contribution is 14.1. The van der Waals surface area contributed by atoms with Crippen molar-refractivity contribution in [1.82, 2.24) is 4.90 Å². The van der Waals surface area contributed by atoms with E-state index in [2.05, 4.69) is 0 Å². The zero-order valence-corrected chi connectivity index (χ0v) is 13.6. The van der Waals surface area contributed by atoms with Crippen molar-refractivity contribution < 1.29 is 31.9 Å². The fraction of sp³-hybridized carbons (Fsp3) is 0.462. The summed E-state index contributed by atoms with van der Waals surface area (Å²) in [6.45, 7) is 1.30. The van der Waals surface area contributed by atoms with Crippen LogP contribution in [0.4, 0.5) is 22.0 Å². The molecule has 122 valence electrons. The Morgan fingerprint density at radius 1 is 1.32 bits per heavy atom. The highest BCUT2D eigenvalue weighted by Gasteiger charge is 2.55. The van der Waals surface area contributed by atoms with Crippen molar-refractivity contribution >= 4 is 28.5 Å². The molecular weight excluding hydrogens is 424 g/mol.